The van der Waals surface area contributed by atoms with Crippen LogP contribution in [-0.4, -0.2) is 26.7 Å². The number of rotatable bonds is 5. The molecule has 0 saturated carbocycles. The molecule has 0 bridgehead atoms. The van der Waals surface area contributed by atoms with Crippen LogP contribution in [0.2, 0.25) is 0 Å². The number of nitrogens with zero attached hydrogens (tertiary/aromatic N) is 1. The molecule has 2 rings (SSSR count). The summed E-state index contributed by atoms with van der Waals surface area (Å²) in [5, 5.41) is 3.24. The molecule has 1 unspecified atom stereocenters. The molecule has 4 nitrogen and oxygen atoms in total. The van der Waals surface area contributed by atoms with Gasteiger partial charge in [-0.1, -0.05) is 12.1 Å². The number of halogens is 1. The van der Waals surface area contributed by atoms with Crippen molar-refractivity contribution < 1.29 is 8.42 Å². The number of benzene rings is 1. The van der Waals surface area contributed by atoms with E-state index in [-0.39, 0.29) is 6.04 Å². The summed E-state index contributed by atoms with van der Waals surface area (Å²) >= 11 is 3.37. The number of sulfone groups is 1. The second-order valence-electron chi connectivity index (χ2n) is 4.85. The molecule has 0 fully saturated rings. The van der Waals surface area contributed by atoms with Gasteiger partial charge in [0.15, 0.2) is 9.84 Å². The van der Waals surface area contributed by atoms with Gasteiger partial charge in [-0.25, -0.2) is 8.42 Å². The number of likely N-dealkylation sites (N-methyl/N-ethyl adjacent to an activating group) is 1. The fraction of sp³-hybridized carbons (Fsp3) is 0.267. The molecule has 1 aromatic heterocycles. The summed E-state index contributed by atoms with van der Waals surface area (Å²) in [6, 6.07) is 11.0. The van der Waals surface area contributed by atoms with Crippen molar-refractivity contribution in [1.82, 2.24) is 10.3 Å². The maximum atomic E-state index is 11.5. The Morgan fingerprint density at radius 3 is 2.33 bits per heavy atom. The summed E-state index contributed by atoms with van der Waals surface area (Å²) in [5.41, 5.74) is 2.01. The van der Waals surface area contributed by atoms with E-state index in [0.717, 1.165) is 22.2 Å². The van der Waals surface area contributed by atoms with E-state index < -0.39 is 9.84 Å². The summed E-state index contributed by atoms with van der Waals surface area (Å²) in [7, 11) is -1.27. The first-order valence-corrected chi connectivity index (χ1v) is 9.16. The fourth-order valence-electron chi connectivity index (χ4n) is 2.07. The molecule has 0 aliphatic carbocycles. The van der Waals surface area contributed by atoms with Gasteiger partial charge in [0.2, 0.25) is 0 Å². The van der Waals surface area contributed by atoms with Gasteiger partial charge >= 0.3 is 0 Å². The second-order valence-corrected chi connectivity index (χ2v) is 7.79. The lowest BCUT2D eigenvalue weighted by atomic mass is 10.0. The third kappa shape index (κ3) is 4.36. The van der Waals surface area contributed by atoms with Crippen LogP contribution in [0.1, 0.15) is 17.3 Å². The Labute approximate surface area is 133 Å². The van der Waals surface area contributed by atoms with E-state index in [1.807, 2.05) is 31.3 Å². The molecule has 0 aliphatic heterocycles. The maximum Gasteiger partial charge on any atom is 0.175 e. The van der Waals surface area contributed by atoms with E-state index in [1.54, 1.807) is 18.3 Å². The van der Waals surface area contributed by atoms with Crippen LogP contribution >= 0.6 is 15.9 Å². The van der Waals surface area contributed by atoms with Gasteiger partial charge < -0.3 is 5.32 Å². The van der Waals surface area contributed by atoms with Gasteiger partial charge in [-0.2, -0.15) is 0 Å². The minimum atomic E-state index is -3.15. The van der Waals surface area contributed by atoms with Crippen molar-refractivity contribution in [2.75, 3.05) is 13.3 Å². The zero-order valence-corrected chi connectivity index (χ0v) is 14.3. The first-order valence-electron chi connectivity index (χ1n) is 6.48. The molecule has 0 spiro atoms. The third-order valence-electron chi connectivity index (χ3n) is 3.26. The average molecular weight is 369 g/mol. The Hall–Kier alpha value is -1.24. The second kappa shape index (κ2) is 6.68. The molecule has 0 aliphatic rings. The Kier molecular flexibility index (Phi) is 5.13. The largest absolute Gasteiger partial charge is 0.313 e. The van der Waals surface area contributed by atoms with E-state index in [1.165, 1.54) is 6.26 Å². The van der Waals surface area contributed by atoms with Crippen LogP contribution in [0.4, 0.5) is 0 Å². The maximum absolute atomic E-state index is 11.5. The van der Waals surface area contributed by atoms with Crippen molar-refractivity contribution in [1.29, 1.82) is 0 Å². The zero-order valence-electron chi connectivity index (χ0n) is 11.9. The Morgan fingerprint density at radius 1 is 1.19 bits per heavy atom. The number of aromatic nitrogens is 1. The van der Waals surface area contributed by atoms with Crippen LogP contribution in [0.25, 0.3) is 0 Å². The summed E-state index contributed by atoms with van der Waals surface area (Å²) in [5.74, 6) is 0. The lowest BCUT2D eigenvalue weighted by Gasteiger charge is -2.16. The van der Waals surface area contributed by atoms with Gasteiger partial charge in [-0.05, 0) is 52.8 Å². The van der Waals surface area contributed by atoms with Crippen LogP contribution in [0.5, 0.6) is 0 Å². The Morgan fingerprint density at radius 2 is 1.86 bits per heavy atom. The first-order chi connectivity index (χ1) is 9.90. The van der Waals surface area contributed by atoms with E-state index in [2.05, 4.69) is 26.2 Å². The zero-order chi connectivity index (χ0) is 15.5. The minimum Gasteiger partial charge on any atom is -0.313 e. The highest BCUT2D eigenvalue weighted by Crippen LogP contribution is 2.20. The van der Waals surface area contributed by atoms with Gasteiger partial charge in [0.1, 0.15) is 0 Å². The van der Waals surface area contributed by atoms with Crippen LogP contribution in [0.15, 0.2) is 52.0 Å². The Bertz CT molecular complexity index is 697. The molecule has 1 heterocycles. The SMILES string of the molecule is CNC(Cc1ccc(Br)cn1)c1ccc(S(C)(=O)=O)cc1. The standard InChI is InChI=1S/C15H17BrN2O2S/c1-17-15(9-13-6-5-12(16)10-18-13)11-3-7-14(8-4-11)21(2,19)20/h3-8,10,15,17H,9H2,1-2H3. The number of hydrogen-bond donors (Lipinski definition) is 1. The molecule has 0 radical (unpaired) electrons. The van der Waals surface area contributed by atoms with E-state index in [0.29, 0.717) is 4.90 Å². The summed E-state index contributed by atoms with van der Waals surface area (Å²) in [6.45, 7) is 0. The molecule has 0 amide bonds. The van der Waals surface area contributed by atoms with Crippen molar-refractivity contribution >= 4 is 25.8 Å². The summed E-state index contributed by atoms with van der Waals surface area (Å²) < 4.78 is 23.9. The smallest absolute Gasteiger partial charge is 0.175 e. The van der Waals surface area contributed by atoms with Crippen molar-refractivity contribution in [2.24, 2.45) is 0 Å². The lowest BCUT2D eigenvalue weighted by Crippen LogP contribution is -2.19. The molecule has 1 atom stereocenters. The van der Waals surface area contributed by atoms with Crippen LogP contribution in [0, 0.1) is 0 Å². The highest BCUT2D eigenvalue weighted by Gasteiger charge is 2.13. The summed E-state index contributed by atoms with van der Waals surface area (Å²) in [6.07, 6.45) is 3.72. The molecule has 1 N–H and O–H groups in total. The lowest BCUT2D eigenvalue weighted by molar-refractivity contribution is 0.583. The highest BCUT2D eigenvalue weighted by molar-refractivity contribution is 9.10. The quantitative estimate of drug-likeness (QED) is 0.881. The van der Waals surface area contributed by atoms with Crippen molar-refractivity contribution in [3.05, 3.63) is 58.3 Å². The van der Waals surface area contributed by atoms with Gasteiger partial charge in [-0.3, -0.25) is 4.98 Å². The highest BCUT2D eigenvalue weighted by atomic mass is 79.9. The number of hydrogen-bond acceptors (Lipinski definition) is 4. The molecule has 2 aromatic rings. The monoisotopic (exact) mass is 368 g/mol. The van der Waals surface area contributed by atoms with Crippen molar-refractivity contribution in [2.45, 2.75) is 17.4 Å². The van der Waals surface area contributed by atoms with Gasteiger partial charge in [0, 0.05) is 35.1 Å². The molecular weight excluding hydrogens is 352 g/mol. The number of pyridine rings is 1. The molecule has 112 valence electrons. The molecule has 1 aromatic carbocycles. The number of nitrogens with one attached hydrogen (secondary N) is 1. The Balaban J connectivity index is 2.19. The summed E-state index contributed by atoms with van der Waals surface area (Å²) in [4.78, 5) is 4.70. The van der Waals surface area contributed by atoms with Gasteiger partial charge in [-0.15, -0.1) is 0 Å². The van der Waals surface area contributed by atoms with Crippen molar-refractivity contribution in [3.63, 3.8) is 0 Å². The topological polar surface area (TPSA) is 59.1 Å². The minimum absolute atomic E-state index is 0.0901. The predicted octanol–water partition coefficient (Wildman–Crippen LogP) is 2.75. The fourth-order valence-corrected chi connectivity index (χ4v) is 2.94. The first kappa shape index (κ1) is 16.1. The van der Waals surface area contributed by atoms with Gasteiger partial charge in [0.05, 0.1) is 4.90 Å². The van der Waals surface area contributed by atoms with Crippen molar-refractivity contribution in [3.8, 4) is 0 Å². The van der Waals surface area contributed by atoms with Gasteiger partial charge in [0.25, 0.3) is 0 Å². The molecule has 6 heteroatoms. The molecule has 21 heavy (non-hydrogen) atoms. The molecule has 0 saturated heterocycles. The van der Waals surface area contributed by atoms with E-state index >= 15 is 0 Å². The van der Waals surface area contributed by atoms with E-state index in [9.17, 15) is 8.42 Å². The van der Waals surface area contributed by atoms with E-state index in [4.69, 9.17) is 0 Å². The molecular formula is C15H17BrN2O2S. The predicted molar refractivity (Wildman–Crippen MR) is 87.0 cm³/mol. The van der Waals surface area contributed by atoms with Crippen LogP contribution in [0.3, 0.4) is 0 Å². The van der Waals surface area contributed by atoms with Crippen LogP contribution in [-0.2, 0) is 16.3 Å². The normalized spacial score (nSPS) is 13.1. The van der Waals surface area contributed by atoms with Crippen LogP contribution < -0.4 is 5.32 Å². The third-order valence-corrected chi connectivity index (χ3v) is 4.86. The average Bonchev–Trinajstić information content (AvgIpc) is 2.46.